The summed E-state index contributed by atoms with van der Waals surface area (Å²) in [5, 5.41) is 0. The molecule has 15 heavy (non-hydrogen) atoms. The van der Waals surface area contributed by atoms with Crippen LogP contribution in [0.25, 0.3) is 0 Å². The molecule has 1 aliphatic rings. The van der Waals surface area contributed by atoms with E-state index in [0.29, 0.717) is 5.69 Å². The lowest BCUT2D eigenvalue weighted by molar-refractivity contribution is -0.122. The normalized spacial score (nSPS) is 26.1. The second-order valence-corrected chi connectivity index (χ2v) is 3.92. The van der Waals surface area contributed by atoms with Crippen LogP contribution in [0.3, 0.4) is 0 Å². The molecule has 1 aromatic carbocycles. The molecule has 2 amide bonds. The monoisotopic (exact) mass is 203 g/mol. The fourth-order valence-corrected chi connectivity index (χ4v) is 1.78. The van der Waals surface area contributed by atoms with E-state index >= 15 is 0 Å². The Morgan fingerprint density at radius 1 is 0.933 bits per heavy atom. The summed E-state index contributed by atoms with van der Waals surface area (Å²) in [6.45, 7) is 3.60. The first kappa shape index (κ1) is 9.90. The first-order chi connectivity index (χ1) is 7.13. The zero-order valence-electron chi connectivity index (χ0n) is 8.81. The molecular formula is C12H13NO2. The average molecular weight is 203 g/mol. The van der Waals surface area contributed by atoms with Gasteiger partial charge in [0.15, 0.2) is 0 Å². The molecule has 2 rings (SSSR count). The van der Waals surface area contributed by atoms with Gasteiger partial charge in [-0.2, -0.15) is 0 Å². The van der Waals surface area contributed by atoms with Crippen molar-refractivity contribution in [3.8, 4) is 0 Å². The molecule has 3 heteroatoms. The minimum absolute atomic E-state index is 0.0984. The van der Waals surface area contributed by atoms with Gasteiger partial charge in [-0.15, -0.1) is 0 Å². The van der Waals surface area contributed by atoms with E-state index in [2.05, 4.69) is 0 Å². The molecule has 0 bridgehead atoms. The number of rotatable bonds is 1. The molecule has 0 aliphatic carbocycles. The van der Waals surface area contributed by atoms with Gasteiger partial charge in [0.05, 0.1) is 5.69 Å². The summed E-state index contributed by atoms with van der Waals surface area (Å²) in [5.41, 5.74) is 0.670. The van der Waals surface area contributed by atoms with Crippen molar-refractivity contribution < 1.29 is 9.59 Å². The minimum atomic E-state index is -0.210. The van der Waals surface area contributed by atoms with Crippen molar-refractivity contribution in [1.29, 1.82) is 0 Å². The number of carbonyl (C=O) groups is 2. The van der Waals surface area contributed by atoms with Crippen LogP contribution in [-0.2, 0) is 9.59 Å². The number of anilines is 1. The average Bonchev–Trinajstić information content (AvgIpc) is 2.45. The Labute approximate surface area is 88.7 Å². The van der Waals surface area contributed by atoms with E-state index < -0.39 is 0 Å². The van der Waals surface area contributed by atoms with Gasteiger partial charge in [0.25, 0.3) is 0 Å². The third-order valence-corrected chi connectivity index (χ3v) is 2.98. The highest BCUT2D eigenvalue weighted by atomic mass is 16.2. The molecule has 0 radical (unpaired) electrons. The largest absolute Gasteiger partial charge is 0.274 e. The van der Waals surface area contributed by atoms with Crippen LogP contribution in [0.4, 0.5) is 5.69 Å². The molecular weight excluding hydrogens is 190 g/mol. The van der Waals surface area contributed by atoms with Crippen molar-refractivity contribution in [2.75, 3.05) is 4.90 Å². The van der Waals surface area contributed by atoms with E-state index in [1.54, 1.807) is 26.0 Å². The number of benzene rings is 1. The minimum Gasteiger partial charge on any atom is -0.274 e. The standard InChI is InChI=1S/C12H13NO2/c1-8-9(2)12(15)13(11(8)14)10-6-4-3-5-7-10/h3-9H,1-2H3/t8-,9-/m1/s1. The van der Waals surface area contributed by atoms with Gasteiger partial charge >= 0.3 is 0 Å². The number of amides is 2. The van der Waals surface area contributed by atoms with E-state index in [9.17, 15) is 9.59 Å². The maximum Gasteiger partial charge on any atom is 0.237 e. The lowest BCUT2D eigenvalue weighted by atomic mass is 10.00. The summed E-state index contributed by atoms with van der Waals surface area (Å²) in [4.78, 5) is 25.0. The third-order valence-electron chi connectivity index (χ3n) is 2.98. The second kappa shape index (κ2) is 3.50. The van der Waals surface area contributed by atoms with Crippen LogP contribution in [0.15, 0.2) is 30.3 Å². The molecule has 1 aromatic rings. The topological polar surface area (TPSA) is 37.4 Å². The van der Waals surface area contributed by atoms with E-state index in [0.717, 1.165) is 0 Å². The van der Waals surface area contributed by atoms with Gasteiger partial charge in [0, 0.05) is 11.8 Å². The Morgan fingerprint density at radius 2 is 1.40 bits per heavy atom. The number of carbonyl (C=O) groups excluding carboxylic acids is 2. The first-order valence-corrected chi connectivity index (χ1v) is 5.06. The highest BCUT2D eigenvalue weighted by molar-refractivity contribution is 6.21. The Morgan fingerprint density at radius 3 is 1.87 bits per heavy atom. The van der Waals surface area contributed by atoms with Gasteiger partial charge in [-0.25, -0.2) is 0 Å². The molecule has 0 N–H and O–H groups in total. The zero-order valence-corrected chi connectivity index (χ0v) is 8.81. The van der Waals surface area contributed by atoms with Gasteiger partial charge < -0.3 is 0 Å². The SMILES string of the molecule is C[C@H]1C(=O)N(c2ccccc2)C(=O)[C@@H]1C. The van der Waals surface area contributed by atoms with Crippen LogP contribution >= 0.6 is 0 Å². The van der Waals surface area contributed by atoms with Crippen LogP contribution in [0, 0.1) is 11.8 Å². The lowest BCUT2D eigenvalue weighted by Crippen LogP contribution is -2.30. The Bertz CT molecular complexity index is 379. The van der Waals surface area contributed by atoms with Crippen molar-refractivity contribution in [2.24, 2.45) is 11.8 Å². The summed E-state index contributed by atoms with van der Waals surface area (Å²) in [6.07, 6.45) is 0. The maximum absolute atomic E-state index is 11.8. The van der Waals surface area contributed by atoms with Crippen LogP contribution in [0.1, 0.15) is 13.8 Å². The Kier molecular flexibility index (Phi) is 2.31. The van der Waals surface area contributed by atoms with E-state index in [1.165, 1.54) is 4.90 Å². The summed E-state index contributed by atoms with van der Waals surface area (Å²) >= 11 is 0. The Balaban J connectivity index is 2.39. The molecule has 0 aromatic heterocycles. The number of hydrogen-bond donors (Lipinski definition) is 0. The smallest absolute Gasteiger partial charge is 0.237 e. The van der Waals surface area contributed by atoms with Crippen LogP contribution in [-0.4, -0.2) is 11.8 Å². The molecule has 0 spiro atoms. The Hall–Kier alpha value is -1.64. The maximum atomic E-state index is 11.8. The molecule has 1 fully saturated rings. The van der Waals surface area contributed by atoms with Crippen molar-refractivity contribution >= 4 is 17.5 Å². The molecule has 0 unspecified atom stereocenters. The number of hydrogen-bond acceptors (Lipinski definition) is 2. The first-order valence-electron chi connectivity index (χ1n) is 5.06. The zero-order chi connectivity index (χ0) is 11.0. The summed E-state index contributed by atoms with van der Waals surface area (Å²) < 4.78 is 0. The molecule has 1 saturated heterocycles. The van der Waals surface area contributed by atoms with Crippen LogP contribution in [0.2, 0.25) is 0 Å². The predicted octanol–water partition coefficient (Wildman–Crippen LogP) is 1.83. The summed E-state index contributed by atoms with van der Waals surface area (Å²) in [5.74, 6) is -0.618. The second-order valence-electron chi connectivity index (χ2n) is 3.92. The molecule has 2 atom stereocenters. The van der Waals surface area contributed by atoms with Gasteiger partial charge in [0.2, 0.25) is 11.8 Å². The third kappa shape index (κ3) is 1.44. The van der Waals surface area contributed by atoms with Gasteiger partial charge in [-0.1, -0.05) is 32.0 Å². The molecule has 0 saturated carbocycles. The fourth-order valence-electron chi connectivity index (χ4n) is 1.78. The van der Waals surface area contributed by atoms with Gasteiger partial charge in [-0.05, 0) is 12.1 Å². The van der Waals surface area contributed by atoms with Gasteiger partial charge in [-0.3, -0.25) is 14.5 Å². The van der Waals surface area contributed by atoms with Crippen molar-refractivity contribution in [3.05, 3.63) is 30.3 Å². The molecule has 1 heterocycles. The molecule has 1 aliphatic heterocycles. The van der Waals surface area contributed by atoms with E-state index in [-0.39, 0.29) is 23.7 Å². The van der Waals surface area contributed by atoms with Crippen molar-refractivity contribution in [3.63, 3.8) is 0 Å². The van der Waals surface area contributed by atoms with Crippen LogP contribution < -0.4 is 4.90 Å². The fraction of sp³-hybridized carbons (Fsp3) is 0.333. The van der Waals surface area contributed by atoms with Crippen molar-refractivity contribution in [1.82, 2.24) is 0 Å². The van der Waals surface area contributed by atoms with Crippen LogP contribution in [0.5, 0.6) is 0 Å². The highest BCUT2D eigenvalue weighted by Crippen LogP contribution is 2.29. The molecule has 3 nitrogen and oxygen atoms in total. The number of nitrogens with zero attached hydrogens (tertiary/aromatic N) is 1. The lowest BCUT2D eigenvalue weighted by Gasteiger charge is -2.13. The molecule has 78 valence electrons. The van der Waals surface area contributed by atoms with E-state index in [1.807, 2.05) is 18.2 Å². The van der Waals surface area contributed by atoms with E-state index in [4.69, 9.17) is 0 Å². The van der Waals surface area contributed by atoms with Crippen molar-refractivity contribution in [2.45, 2.75) is 13.8 Å². The number of para-hydroxylation sites is 1. The highest BCUT2D eigenvalue weighted by Gasteiger charge is 2.42. The number of imide groups is 1. The van der Waals surface area contributed by atoms with Gasteiger partial charge in [0.1, 0.15) is 0 Å². The summed E-state index contributed by atoms with van der Waals surface area (Å²) in [7, 11) is 0. The quantitative estimate of drug-likeness (QED) is 0.653. The predicted molar refractivity (Wildman–Crippen MR) is 57.3 cm³/mol. The summed E-state index contributed by atoms with van der Waals surface area (Å²) in [6, 6.07) is 9.07.